The quantitative estimate of drug-likeness (QED) is 0.322. The second-order valence-electron chi connectivity index (χ2n) is 11.4. The third kappa shape index (κ3) is 3.80. The van der Waals surface area contributed by atoms with Crippen LogP contribution in [0.3, 0.4) is 0 Å². The molecule has 206 valence electrons. The van der Waals surface area contributed by atoms with E-state index in [1.165, 1.54) is 17.8 Å². The minimum Gasteiger partial charge on any atom is -0.384 e. The van der Waals surface area contributed by atoms with Gasteiger partial charge in [0, 0.05) is 35.3 Å². The van der Waals surface area contributed by atoms with E-state index in [1.807, 2.05) is 17.0 Å². The highest BCUT2D eigenvalue weighted by Crippen LogP contribution is 2.45. The van der Waals surface area contributed by atoms with Gasteiger partial charge in [0.25, 0.3) is 5.91 Å². The molecule has 40 heavy (non-hydrogen) atoms. The molecular weight excluding hydrogens is 510 g/mol. The molecule has 2 bridgehead atoms. The van der Waals surface area contributed by atoms with Crippen molar-refractivity contribution in [2.45, 2.75) is 81.9 Å². The highest BCUT2D eigenvalue weighted by atomic mass is 16.3. The third-order valence-corrected chi connectivity index (χ3v) is 9.02. The maximum absolute atomic E-state index is 13.1. The second-order valence-corrected chi connectivity index (χ2v) is 11.4. The largest absolute Gasteiger partial charge is 0.384 e. The summed E-state index contributed by atoms with van der Waals surface area (Å²) in [4.78, 5) is 41.6. The number of hydrogen-bond acceptors (Lipinski definition) is 9. The molecule has 2 saturated heterocycles. The summed E-state index contributed by atoms with van der Waals surface area (Å²) in [5.74, 6) is 0.155. The molecule has 4 aromatic rings. The number of fused-ring (bicyclic) bond motifs is 3. The van der Waals surface area contributed by atoms with Crippen molar-refractivity contribution in [2.24, 2.45) is 0 Å². The number of carbonyl (C=O) groups excluding carboxylic acids is 2. The van der Waals surface area contributed by atoms with Crippen LogP contribution in [0.4, 0.5) is 5.82 Å². The van der Waals surface area contributed by atoms with Crippen molar-refractivity contribution >= 4 is 23.2 Å². The van der Waals surface area contributed by atoms with Crippen LogP contribution in [-0.2, 0) is 5.60 Å². The summed E-state index contributed by atoms with van der Waals surface area (Å²) in [5.41, 5.74) is 9.55. The number of pyridine rings is 1. The molecule has 3 atom stereocenters. The number of nitrogens with two attached hydrogens (primary N) is 1. The molecule has 1 unspecified atom stereocenters. The zero-order valence-electron chi connectivity index (χ0n) is 22.2. The van der Waals surface area contributed by atoms with Crippen molar-refractivity contribution in [1.82, 2.24) is 39.7 Å². The number of piperidine rings is 1. The first-order valence-corrected chi connectivity index (χ1v) is 13.9. The van der Waals surface area contributed by atoms with Crippen LogP contribution < -0.4 is 5.73 Å². The Morgan fingerprint density at radius 3 is 2.48 bits per heavy atom. The Bertz CT molecular complexity index is 1590. The molecule has 12 heteroatoms. The van der Waals surface area contributed by atoms with E-state index in [-0.39, 0.29) is 41.3 Å². The van der Waals surface area contributed by atoms with E-state index in [2.05, 4.69) is 25.3 Å². The molecule has 1 amide bonds. The molecule has 2 aliphatic heterocycles. The van der Waals surface area contributed by atoms with Gasteiger partial charge in [-0.25, -0.2) is 9.97 Å². The van der Waals surface area contributed by atoms with Gasteiger partial charge in [-0.2, -0.15) is 14.7 Å². The standard InChI is InChI=1S/C28H31N9O3/c1-15(38)22-23(17-10-18-5-6-19(11-17)36(18)27(39)25-31-14-32-35-25)34-26-20(13-33-37(26)24(22)29)16-4-7-21(30-12-16)28(40)8-2-3-9-28/h4,7,12-14,17-19,40H,2-3,5-6,8-11,29H2,1H3,(H,31,32,35)/t17?,18-,19+. The Morgan fingerprint density at radius 1 is 1.10 bits per heavy atom. The lowest BCUT2D eigenvalue weighted by Gasteiger charge is -2.38. The van der Waals surface area contributed by atoms with Crippen LogP contribution in [0.5, 0.6) is 0 Å². The fourth-order valence-electron chi connectivity index (χ4n) is 7.10. The number of ketones is 1. The molecule has 12 nitrogen and oxygen atoms in total. The number of carbonyl (C=O) groups is 2. The lowest BCUT2D eigenvalue weighted by atomic mass is 9.85. The van der Waals surface area contributed by atoms with Crippen molar-refractivity contribution < 1.29 is 14.7 Å². The Balaban J connectivity index is 1.25. The third-order valence-electron chi connectivity index (χ3n) is 9.02. The number of rotatable bonds is 5. The number of nitrogens with one attached hydrogen (secondary N) is 1. The number of nitrogen functional groups attached to an aromatic ring is 1. The summed E-state index contributed by atoms with van der Waals surface area (Å²) in [7, 11) is 0. The molecule has 4 aromatic heterocycles. The fourth-order valence-corrected chi connectivity index (χ4v) is 7.10. The van der Waals surface area contributed by atoms with E-state index < -0.39 is 5.60 Å². The Morgan fingerprint density at radius 2 is 1.85 bits per heavy atom. The summed E-state index contributed by atoms with van der Waals surface area (Å²) in [6.45, 7) is 1.50. The summed E-state index contributed by atoms with van der Waals surface area (Å²) < 4.78 is 1.52. The normalized spacial score (nSPS) is 23.6. The SMILES string of the molecule is CC(=O)c1c(C2C[C@H]3CC[C@@H](C2)N3C(=O)c2ncn[nH]2)nc2c(-c3ccc(C4(O)CCCC4)nc3)cnn2c1N. The van der Waals surface area contributed by atoms with Crippen LogP contribution in [0, 0.1) is 0 Å². The van der Waals surface area contributed by atoms with Crippen LogP contribution >= 0.6 is 0 Å². The molecule has 3 aliphatic rings. The number of aliphatic hydroxyl groups is 1. The molecule has 0 spiro atoms. The van der Waals surface area contributed by atoms with Gasteiger partial charge in [-0.3, -0.25) is 19.7 Å². The fraction of sp³-hybridized carbons (Fsp3) is 0.464. The predicted octanol–water partition coefficient (Wildman–Crippen LogP) is 3.01. The molecule has 3 fully saturated rings. The van der Waals surface area contributed by atoms with E-state index in [4.69, 9.17) is 10.7 Å². The Kier molecular flexibility index (Phi) is 5.70. The first-order chi connectivity index (χ1) is 19.3. The van der Waals surface area contributed by atoms with Crippen LogP contribution in [-0.4, -0.2) is 68.5 Å². The van der Waals surface area contributed by atoms with Gasteiger partial charge in [0.1, 0.15) is 17.7 Å². The molecule has 4 N–H and O–H groups in total. The first kappa shape index (κ1) is 24.8. The monoisotopic (exact) mass is 541 g/mol. The van der Waals surface area contributed by atoms with E-state index >= 15 is 0 Å². The zero-order valence-corrected chi connectivity index (χ0v) is 22.2. The van der Waals surface area contributed by atoms with E-state index in [1.54, 1.807) is 12.4 Å². The van der Waals surface area contributed by atoms with Crippen molar-refractivity contribution in [3.05, 3.63) is 53.6 Å². The first-order valence-electron chi connectivity index (χ1n) is 13.9. The van der Waals surface area contributed by atoms with Gasteiger partial charge in [-0.15, -0.1) is 0 Å². The molecule has 1 aliphatic carbocycles. The van der Waals surface area contributed by atoms with Crippen molar-refractivity contribution in [3.63, 3.8) is 0 Å². The molecule has 0 aromatic carbocycles. The number of anilines is 1. The van der Waals surface area contributed by atoms with Gasteiger partial charge in [0.05, 0.1) is 23.1 Å². The number of H-pyrrole nitrogens is 1. The maximum Gasteiger partial charge on any atom is 0.291 e. The highest BCUT2D eigenvalue weighted by Gasteiger charge is 2.46. The summed E-state index contributed by atoms with van der Waals surface area (Å²) >= 11 is 0. The minimum absolute atomic E-state index is 0.0166. The van der Waals surface area contributed by atoms with Crippen LogP contribution in [0.25, 0.3) is 16.8 Å². The smallest absolute Gasteiger partial charge is 0.291 e. The molecule has 6 heterocycles. The topological polar surface area (TPSA) is 168 Å². The Labute approximate surface area is 230 Å². The number of nitrogens with zero attached hydrogens (tertiary/aromatic N) is 7. The summed E-state index contributed by atoms with van der Waals surface area (Å²) in [5, 5.41) is 21.9. The van der Waals surface area contributed by atoms with Gasteiger partial charge in [0.15, 0.2) is 11.4 Å². The molecule has 1 saturated carbocycles. The van der Waals surface area contributed by atoms with E-state index in [0.29, 0.717) is 35.4 Å². The number of aromatic nitrogens is 7. The van der Waals surface area contributed by atoms with Crippen LogP contribution in [0.2, 0.25) is 0 Å². The number of hydrogen-bond donors (Lipinski definition) is 3. The average Bonchev–Trinajstić information content (AvgIpc) is 3.75. The molecule has 7 rings (SSSR count). The second kappa shape index (κ2) is 9.19. The summed E-state index contributed by atoms with van der Waals surface area (Å²) in [6.07, 6.45) is 11.3. The predicted molar refractivity (Wildman–Crippen MR) is 144 cm³/mol. The van der Waals surface area contributed by atoms with Crippen molar-refractivity contribution in [2.75, 3.05) is 5.73 Å². The zero-order chi connectivity index (χ0) is 27.6. The number of aromatic amines is 1. The van der Waals surface area contributed by atoms with Crippen LogP contribution in [0.15, 0.2) is 30.9 Å². The van der Waals surface area contributed by atoms with Gasteiger partial charge in [-0.1, -0.05) is 18.9 Å². The summed E-state index contributed by atoms with van der Waals surface area (Å²) in [6, 6.07) is 3.84. The average molecular weight is 542 g/mol. The minimum atomic E-state index is -0.866. The lowest BCUT2D eigenvalue weighted by Crippen LogP contribution is -2.46. The highest BCUT2D eigenvalue weighted by molar-refractivity contribution is 6.00. The van der Waals surface area contributed by atoms with Gasteiger partial charge in [-0.05, 0) is 51.5 Å². The van der Waals surface area contributed by atoms with Gasteiger partial charge >= 0.3 is 0 Å². The van der Waals surface area contributed by atoms with Crippen molar-refractivity contribution in [1.29, 1.82) is 0 Å². The van der Waals surface area contributed by atoms with Gasteiger partial charge in [0.2, 0.25) is 5.82 Å². The van der Waals surface area contributed by atoms with Gasteiger partial charge < -0.3 is 15.7 Å². The van der Waals surface area contributed by atoms with E-state index in [9.17, 15) is 14.7 Å². The number of amides is 1. The Hall–Kier alpha value is -4.19. The van der Waals surface area contributed by atoms with Crippen molar-refractivity contribution in [3.8, 4) is 11.1 Å². The lowest BCUT2D eigenvalue weighted by molar-refractivity contribution is 0.0399. The number of Topliss-reactive ketones (excluding diaryl/α,β-unsaturated/α-hetero) is 1. The van der Waals surface area contributed by atoms with Crippen LogP contribution in [0.1, 0.15) is 96.6 Å². The molecular formula is C28H31N9O3. The van der Waals surface area contributed by atoms with E-state index in [0.717, 1.165) is 49.7 Å². The molecule has 0 radical (unpaired) electrons. The maximum atomic E-state index is 13.1.